The van der Waals surface area contributed by atoms with Gasteiger partial charge in [0.2, 0.25) is 6.79 Å². The molecule has 2 aromatic carbocycles. The topological polar surface area (TPSA) is 72.6 Å². The van der Waals surface area contributed by atoms with Crippen molar-refractivity contribution in [2.24, 2.45) is 0 Å². The number of carbonyl (C=O) groups is 1. The molecule has 0 saturated carbocycles. The van der Waals surface area contributed by atoms with Crippen LogP contribution in [0.2, 0.25) is 0 Å². The van der Waals surface area contributed by atoms with Crippen molar-refractivity contribution in [3.8, 4) is 11.5 Å². The fraction of sp³-hybridized carbons (Fsp3) is 0.200. The third kappa shape index (κ3) is 3.46. The van der Waals surface area contributed by atoms with E-state index in [1.165, 1.54) is 7.11 Å². The first kappa shape index (κ1) is 17.4. The summed E-state index contributed by atoms with van der Waals surface area (Å²) >= 11 is 5.50. The summed E-state index contributed by atoms with van der Waals surface area (Å²) in [6.45, 7) is 0.199. The Morgan fingerprint density at radius 1 is 1.26 bits per heavy atom. The van der Waals surface area contributed by atoms with Crippen molar-refractivity contribution in [1.82, 2.24) is 10.3 Å². The molecule has 0 aliphatic carbocycles. The van der Waals surface area contributed by atoms with Gasteiger partial charge in [-0.15, -0.1) is 0 Å². The molecule has 0 saturated heterocycles. The average molecular weight is 382 g/mol. The fourth-order valence-corrected chi connectivity index (χ4v) is 3.40. The van der Waals surface area contributed by atoms with Gasteiger partial charge in [0.1, 0.15) is 11.0 Å². The Labute approximate surface area is 161 Å². The summed E-state index contributed by atoms with van der Waals surface area (Å²) in [6.07, 6.45) is 2.35. The molecule has 7 heteroatoms. The molecule has 1 atom stereocenters. The first-order valence-corrected chi connectivity index (χ1v) is 8.90. The first-order valence-electron chi connectivity index (χ1n) is 8.49. The summed E-state index contributed by atoms with van der Waals surface area (Å²) in [7, 11) is 1.37. The van der Waals surface area contributed by atoms with Crippen LogP contribution in [0.3, 0.4) is 0 Å². The molecule has 2 heterocycles. The summed E-state index contributed by atoms with van der Waals surface area (Å²) in [4.78, 5) is 16.0. The number of aromatic amines is 1. The van der Waals surface area contributed by atoms with Gasteiger partial charge in [0, 0.05) is 29.1 Å². The lowest BCUT2D eigenvalue weighted by atomic mass is 10.0. The van der Waals surface area contributed by atoms with Crippen LogP contribution >= 0.6 is 12.2 Å². The van der Waals surface area contributed by atoms with E-state index in [1.54, 1.807) is 12.1 Å². The molecule has 0 radical (unpaired) electrons. The molecule has 1 aromatic heterocycles. The smallest absolute Gasteiger partial charge is 0.328 e. The number of benzene rings is 2. The van der Waals surface area contributed by atoms with Gasteiger partial charge in [-0.05, 0) is 29.8 Å². The highest BCUT2D eigenvalue weighted by Crippen LogP contribution is 2.32. The molecule has 0 fully saturated rings. The Balaban J connectivity index is 1.55. The van der Waals surface area contributed by atoms with Crippen LogP contribution in [0.5, 0.6) is 11.5 Å². The van der Waals surface area contributed by atoms with Gasteiger partial charge in [-0.1, -0.05) is 30.4 Å². The van der Waals surface area contributed by atoms with Crippen LogP contribution in [-0.2, 0) is 16.0 Å². The zero-order chi connectivity index (χ0) is 18.8. The predicted octanol–water partition coefficient (Wildman–Crippen LogP) is 2.95. The van der Waals surface area contributed by atoms with E-state index in [0.717, 1.165) is 22.0 Å². The lowest BCUT2D eigenvalue weighted by molar-refractivity contribution is -0.142. The van der Waals surface area contributed by atoms with Crippen molar-refractivity contribution in [2.75, 3.05) is 13.9 Å². The first-order chi connectivity index (χ1) is 13.2. The molecule has 6 nitrogen and oxygen atoms in total. The van der Waals surface area contributed by atoms with E-state index in [9.17, 15) is 4.79 Å². The maximum Gasteiger partial charge on any atom is 0.328 e. The monoisotopic (exact) mass is 382 g/mol. The van der Waals surface area contributed by atoms with Crippen LogP contribution in [0.15, 0.2) is 48.7 Å². The van der Waals surface area contributed by atoms with Crippen LogP contribution in [0.4, 0.5) is 0 Å². The average Bonchev–Trinajstić information content (AvgIpc) is 3.33. The minimum absolute atomic E-state index is 0.199. The maximum atomic E-state index is 12.3. The highest BCUT2D eigenvalue weighted by atomic mass is 32.1. The Morgan fingerprint density at radius 2 is 2.07 bits per heavy atom. The minimum atomic E-state index is -0.605. The Bertz CT molecular complexity index is 1010. The summed E-state index contributed by atoms with van der Waals surface area (Å²) in [5.74, 6) is 0.955. The highest BCUT2D eigenvalue weighted by Gasteiger charge is 2.23. The van der Waals surface area contributed by atoms with Gasteiger partial charge in [-0.2, -0.15) is 0 Å². The number of para-hydroxylation sites is 1. The van der Waals surface area contributed by atoms with Gasteiger partial charge >= 0.3 is 5.97 Å². The van der Waals surface area contributed by atoms with Crippen molar-refractivity contribution in [2.45, 2.75) is 12.5 Å². The van der Waals surface area contributed by atoms with Gasteiger partial charge in [0.15, 0.2) is 11.5 Å². The van der Waals surface area contributed by atoms with E-state index in [1.807, 2.05) is 36.5 Å². The van der Waals surface area contributed by atoms with Crippen molar-refractivity contribution in [3.63, 3.8) is 0 Å². The number of nitrogens with one attached hydrogen (secondary N) is 2. The van der Waals surface area contributed by atoms with Gasteiger partial charge in [0.05, 0.1) is 7.11 Å². The molecular formula is C20H18N2O4S. The number of ether oxygens (including phenoxy) is 3. The van der Waals surface area contributed by atoms with Crippen molar-refractivity contribution in [3.05, 3.63) is 59.8 Å². The third-order valence-electron chi connectivity index (χ3n) is 4.52. The quantitative estimate of drug-likeness (QED) is 0.522. The Morgan fingerprint density at radius 3 is 2.93 bits per heavy atom. The molecular weight excluding hydrogens is 364 g/mol. The molecule has 1 aliphatic rings. The number of hydrogen-bond acceptors (Lipinski definition) is 5. The van der Waals surface area contributed by atoms with E-state index < -0.39 is 6.04 Å². The zero-order valence-corrected chi connectivity index (χ0v) is 15.5. The van der Waals surface area contributed by atoms with E-state index in [2.05, 4.69) is 10.3 Å². The molecule has 138 valence electrons. The van der Waals surface area contributed by atoms with Crippen LogP contribution in [0.25, 0.3) is 10.9 Å². The third-order valence-corrected chi connectivity index (χ3v) is 4.88. The summed E-state index contributed by atoms with van der Waals surface area (Å²) in [5, 5.41) is 4.20. The molecule has 1 unspecified atom stereocenters. The van der Waals surface area contributed by atoms with Crippen LogP contribution in [0.1, 0.15) is 11.1 Å². The zero-order valence-electron chi connectivity index (χ0n) is 14.7. The summed E-state index contributed by atoms with van der Waals surface area (Å²) < 4.78 is 15.7. The molecule has 0 spiro atoms. The van der Waals surface area contributed by atoms with E-state index in [-0.39, 0.29) is 12.8 Å². The number of carbonyl (C=O) groups excluding carboxylic acids is 1. The normalized spacial score (nSPS) is 13.4. The van der Waals surface area contributed by atoms with Crippen LogP contribution < -0.4 is 14.8 Å². The maximum absolute atomic E-state index is 12.3. The number of thiocarbonyl (C=S) groups is 1. The summed E-state index contributed by atoms with van der Waals surface area (Å²) in [6, 6.07) is 12.8. The molecule has 1 aliphatic heterocycles. The van der Waals surface area contributed by atoms with Crippen LogP contribution in [0, 0.1) is 0 Å². The number of fused-ring (bicyclic) bond motifs is 2. The molecule has 3 aromatic rings. The number of hydrogen-bond donors (Lipinski definition) is 2. The van der Waals surface area contributed by atoms with E-state index >= 15 is 0 Å². The molecule has 27 heavy (non-hydrogen) atoms. The Hall–Kier alpha value is -3.06. The second-order valence-corrected chi connectivity index (χ2v) is 6.59. The van der Waals surface area contributed by atoms with Gasteiger partial charge < -0.3 is 24.5 Å². The molecule has 2 N–H and O–H groups in total. The number of methoxy groups -OCH3 is 1. The number of aromatic nitrogens is 1. The fourth-order valence-electron chi connectivity index (χ4n) is 3.14. The van der Waals surface area contributed by atoms with Gasteiger partial charge in [-0.25, -0.2) is 4.79 Å². The van der Waals surface area contributed by atoms with Gasteiger partial charge in [0.25, 0.3) is 0 Å². The molecule has 4 rings (SSSR count). The Kier molecular flexibility index (Phi) is 4.68. The van der Waals surface area contributed by atoms with Crippen molar-refractivity contribution in [1.29, 1.82) is 0 Å². The lowest BCUT2D eigenvalue weighted by Gasteiger charge is -2.18. The van der Waals surface area contributed by atoms with Crippen molar-refractivity contribution >= 4 is 34.1 Å². The van der Waals surface area contributed by atoms with E-state index in [0.29, 0.717) is 22.9 Å². The number of esters is 1. The van der Waals surface area contributed by atoms with E-state index in [4.69, 9.17) is 26.4 Å². The predicted molar refractivity (Wildman–Crippen MR) is 105 cm³/mol. The van der Waals surface area contributed by atoms with Gasteiger partial charge in [-0.3, -0.25) is 0 Å². The molecule has 0 amide bonds. The SMILES string of the molecule is COC(=O)C(Cc1c[nH]c2ccccc12)NC(=S)c1ccc2c(c1)OCO2. The number of H-pyrrole nitrogens is 1. The summed E-state index contributed by atoms with van der Waals surface area (Å²) in [5.41, 5.74) is 2.79. The molecule has 0 bridgehead atoms. The highest BCUT2D eigenvalue weighted by molar-refractivity contribution is 7.80. The second-order valence-electron chi connectivity index (χ2n) is 6.18. The van der Waals surface area contributed by atoms with Crippen LogP contribution in [-0.4, -0.2) is 35.9 Å². The van der Waals surface area contributed by atoms with Crippen molar-refractivity contribution < 1.29 is 19.0 Å². The second kappa shape index (κ2) is 7.28. The lowest BCUT2D eigenvalue weighted by Crippen LogP contribution is -2.42. The minimum Gasteiger partial charge on any atom is -0.467 e. The largest absolute Gasteiger partial charge is 0.467 e. The number of rotatable bonds is 5. The standard InChI is InChI=1S/C20H18N2O4S/c1-24-20(23)16(8-13-10-21-15-5-3-2-4-14(13)15)22-19(27)12-6-7-17-18(9-12)26-11-25-17/h2-7,9-10,16,21H,8,11H2,1H3,(H,22,27).